The fourth-order valence-electron chi connectivity index (χ4n) is 4.99. The number of aromatic nitrogens is 3. The molecule has 0 unspecified atom stereocenters. The van der Waals surface area contributed by atoms with E-state index in [1.165, 1.54) is 33.8 Å². The smallest absolute Gasteiger partial charge is 0.263 e. The molecule has 0 spiro atoms. The van der Waals surface area contributed by atoms with E-state index >= 15 is 0 Å². The van der Waals surface area contributed by atoms with Crippen LogP contribution in [0.1, 0.15) is 53.1 Å². The molecule has 1 aromatic carbocycles. The Balaban J connectivity index is 1.18. The fourth-order valence-corrected chi connectivity index (χ4v) is 4.99. The van der Waals surface area contributed by atoms with E-state index in [1.807, 2.05) is 6.07 Å². The van der Waals surface area contributed by atoms with Gasteiger partial charge >= 0.3 is 0 Å². The standard InChI is InChI=1S/C27H26F2N4O2/c28-23-10-7-18(13-24(23)29)16-33-12-2-4-21(27(33)35)26(34)32-14-17-5-8-19(9-6-17)22-15-31-25-20(22)3-1-11-30-25/h1-4,7,10-13,15,17,19H,5-6,8-9,14,16H2,(H,30,31)(H,32,34)/t17-,19-. The van der Waals surface area contributed by atoms with Crippen molar-refractivity contribution in [1.29, 1.82) is 0 Å². The number of pyridine rings is 2. The molecule has 0 radical (unpaired) electrons. The Bertz CT molecular complexity index is 1420. The van der Waals surface area contributed by atoms with Crippen LogP contribution in [-0.4, -0.2) is 27.0 Å². The molecule has 180 valence electrons. The molecule has 1 amide bonds. The molecule has 35 heavy (non-hydrogen) atoms. The first-order valence-corrected chi connectivity index (χ1v) is 11.8. The Morgan fingerprint density at radius 3 is 2.71 bits per heavy atom. The molecule has 1 aliphatic carbocycles. The van der Waals surface area contributed by atoms with Crippen LogP contribution in [0.25, 0.3) is 11.0 Å². The minimum Gasteiger partial charge on any atom is -0.352 e. The summed E-state index contributed by atoms with van der Waals surface area (Å²) < 4.78 is 28.0. The first-order valence-electron chi connectivity index (χ1n) is 11.8. The molecule has 1 fully saturated rings. The highest BCUT2D eigenvalue weighted by molar-refractivity contribution is 5.93. The maximum atomic E-state index is 13.5. The van der Waals surface area contributed by atoms with Crippen molar-refractivity contribution >= 4 is 16.9 Å². The van der Waals surface area contributed by atoms with Gasteiger partial charge in [0, 0.05) is 30.5 Å². The third-order valence-corrected chi connectivity index (χ3v) is 6.92. The zero-order valence-electron chi connectivity index (χ0n) is 19.1. The number of benzene rings is 1. The molecule has 4 aromatic rings. The molecule has 3 heterocycles. The summed E-state index contributed by atoms with van der Waals surface area (Å²) in [5, 5.41) is 4.09. The molecule has 2 N–H and O–H groups in total. The number of aromatic amines is 1. The topological polar surface area (TPSA) is 79.8 Å². The highest BCUT2D eigenvalue weighted by Crippen LogP contribution is 2.38. The summed E-state index contributed by atoms with van der Waals surface area (Å²) in [6.45, 7) is 0.559. The maximum absolute atomic E-state index is 13.5. The van der Waals surface area contributed by atoms with Crippen LogP contribution in [0.4, 0.5) is 8.78 Å². The summed E-state index contributed by atoms with van der Waals surface area (Å²) in [5.41, 5.74) is 2.23. The summed E-state index contributed by atoms with van der Waals surface area (Å²) >= 11 is 0. The van der Waals surface area contributed by atoms with Crippen LogP contribution in [0.2, 0.25) is 0 Å². The summed E-state index contributed by atoms with van der Waals surface area (Å²) in [6, 6.07) is 10.6. The SMILES string of the molecule is O=C(NC[C@H]1CC[C@H](c2c[nH]c3ncccc32)CC1)c1cccn(Cc2ccc(F)c(F)c2)c1=O. The molecule has 3 aromatic heterocycles. The van der Waals surface area contributed by atoms with Gasteiger partial charge in [0.15, 0.2) is 11.6 Å². The van der Waals surface area contributed by atoms with Crippen molar-refractivity contribution < 1.29 is 13.6 Å². The molecule has 0 aliphatic heterocycles. The number of hydrogen-bond acceptors (Lipinski definition) is 3. The van der Waals surface area contributed by atoms with Crippen molar-refractivity contribution in [2.45, 2.75) is 38.1 Å². The molecule has 5 rings (SSSR count). The first kappa shape index (κ1) is 23.0. The van der Waals surface area contributed by atoms with Gasteiger partial charge in [0.2, 0.25) is 0 Å². The summed E-state index contributed by atoms with van der Waals surface area (Å²) in [5.74, 6) is -1.51. The quantitative estimate of drug-likeness (QED) is 0.421. The Morgan fingerprint density at radius 2 is 1.91 bits per heavy atom. The van der Waals surface area contributed by atoms with Crippen LogP contribution in [0.5, 0.6) is 0 Å². The van der Waals surface area contributed by atoms with E-state index < -0.39 is 23.1 Å². The predicted octanol–water partition coefficient (Wildman–Crippen LogP) is 4.75. The predicted molar refractivity (Wildman–Crippen MR) is 129 cm³/mol. The molecule has 0 atom stereocenters. The zero-order valence-corrected chi connectivity index (χ0v) is 19.1. The van der Waals surface area contributed by atoms with Gasteiger partial charge in [-0.1, -0.05) is 6.07 Å². The van der Waals surface area contributed by atoms with Crippen molar-refractivity contribution in [2.75, 3.05) is 6.54 Å². The van der Waals surface area contributed by atoms with Gasteiger partial charge in [-0.3, -0.25) is 9.59 Å². The van der Waals surface area contributed by atoms with Crippen molar-refractivity contribution in [3.63, 3.8) is 0 Å². The lowest BCUT2D eigenvalue weighted by Gasteiger charge is -2.28. The number of carbonyl (C=O) groups excluding carboxylic acids is 1. The number of rotatable bonds is 6. The normalized spacial score (nSPS) is 18.0. The molecule has 1 aliphatic rings. The maximum Gasteiger partial charge on any atom is 0.263 e. The van der Waals surface area contributed by atoms with Gasteiger partial charge in [0.05, 0.1) is 6.54 Å². The minimum atomic E-state index is -0.972. The lowest BCUT2D eigenvalue weighted by molar-refractivity contribution is 0.0940. The molecule has 0 saturated heterocycles. The Hall–Kier alpha value is -3.81. The lowest BCUT2D eigenvalue weighted by Crippen LogP contribution is -2.36. The number of halogens is 2. The van der Waals surface area contributed by atoms with E-state index in [1.54, 1.807) is 12.3 Å². The number of amides is 1. The van der Waals surface area contributed by atoms with E-state index in [4.69, 9.17) is 0 Å². The Labute approximate surface area is 201 Å². The van der Waals surface area contributed by atoms with Gasteiger partial charge in [-0.25, -0.2) is 13.8 Å². The van der Waals surface area contributed by atoms with Crippen LogP contribution in [-0.2, 0) is 6.54 Å². The monoisotopic (exact) mass is 476 g/mol. The number of nitrogens with zero attached hydrogens (tertiary/aromatic N) is 2. The second kappa shape index (κ2) is 9.82. The second-order valence-corrected chi connectivity index (χ2v) is 9.17. The largest absolute Gasteiger partial charge is 0.352 e. The molecule has 1 saturated carbocycles. The third-order valence-electron chi connectivity index (χ3n) is 6.92. The highest BCUT2D eigenvalue weighted by atomic mass is 19.2. The van der Waals surface area contributed by atoms with Crippen LogP contribution < -0.4 is 10.9 Å². The summed E-state index contributed by atoms with van der Waals surface area (Å²) in [7, 11) is 0. The van der Waals surface area contributed by atoms with Gasteiger partial charge < -0.3 is 14.9 Å². The third kappa shape index (κ3) is 4.87. The minimum absolute atomic E-state index is 0.0371. The highest BCUT2D eigenvalue weighted by Gasteiger charge is 2.25. The zero-order chi connectivity index (χ0) is 24.4. The van der Waals surface area contributed by atoms with E-state index in [2.05, 4.69) is 27.5 Å². The van der Waals surface area contributed by atoms with Gasteiger partial charge in [-0.15, -0.1) is 0 Å². The van der Waals surface area contributed by atoms with Crippen molar-refractivity contribution in [1.82, 2.24) is 19.9 Å². The van der Waals surface area contributed by atoms with E-state index in [-0.39, 0.29) is 12.1 Å². The van der Waals surface area contributed by atoms with E-state index in [9.17, 15) is 18.4 Å². The van der Waals surface area contributed by atoms with Crippen LogP contribution >= 0.6 is 0 Å². The average Bonchev–Trinajstić information content (AvgIpc) is 3.31. The van der Waals surface area contributed by atoms with Gasteiger partial charge in [0.1, 0.15) is 11.2 Å². The number of hydrogen-bond donors (Lipinski definition) is 2. The first-order chi connectivity index (χ1) is 17.0. The van der Waals surface area contributed by atoms with Crippen molar-refractivity contribution in [3.8, 4) is 0 Å². The van der Waals surface area contributed by atoms with Gasteiger partial charge in [-0.2, -0.15) is 0 Å². The molecule has 0 bridgehead atoms. The molecule has 8 heteroatoms. The molecular formula is C27H26F2N4O2. The number of fused-ring (bicyclic) bond motifs is 1. The van der Waals surface area contributed by atoms with E-state index in [0.29, 0.717) is 23.9 Å². The van der Waals surface area contributed by atoms with Crippen LogP contribution in [0.3, 0.4) is 0 Å². The van der Waals surface area contributed by atoms with Crippen LogP contribution in [0.15, 0.2) is 65.8 Å². The Morgan fingerprint density at radius 1 is 1.09 bits per heavy atom. The van der Waals surface area contributed by atoms with Crippen LogP contribution in [0, 0.1) is 17.6 Å². The molecular weight excluding hydrogens is 450 g/mol. The van der Waals surface area contributed by atoms with E-state index in [0.717, 1.165) is 43.5 Å². The van der Waals surface area contributed by atoms with Crippen molar-refractivity contribution in [3.05, 3.63) is 99.7 Å². The second-order valence-electron chi connectivity index (χ2n) is 9.17. The fraction of sp³-hybridized carbons (Fsp3) is 0.296. The number of H-pyrrole nitrogens is 1. The van der Waals surface area contributed by atoms with Crippen molar-refractivity contribution in [2.24, 2.45) is 5.92 Å². The number of carbonyl (C=O) groups is 1. The van der Waals surface area contributed by atoms with Gasteiger partial charge in [0.25, 0.3) is 11.5 Å². The average molecular weight is 477 g/mol. The van der Waals surface area contributed by atoms with Gasteiger partial charge in [-0.05, 0) is 85.0 Å². The summed E-state index contributed by atoms with van der Waals surface area (Å²) in [4.78, 5) is 33.2. The Kier molecular flexibility index (Phi) is 6.44. The summed E-state index contributed by atoms with van der Waals surface area (Å²) in [6.07, 6.45) is 9.43. The molecule has 6 nitrogen and oxygen atoms in total. The number of nitrogens with one attached hydrogen (secondary N) is 2. The lowest BCUT2D eigenvalue weighted by atomic mass is 9.78.